The molecule has 3 aromatic rings. The van der Waals surface area contributed by atoms with Crippen molar-refractivity contribution in [2.45, 2.75) is 20.4 Å². The van der Waals surface area contributed by atoms with Crippen molar-refractivity contribution in [3.05, 3.63) is 41.4 Å². The molecule has 1 N–H and O–H groups in total. The van der Waals surface area contributed by atoms with E-state index < -0.39 is 0 Å². The Morgan fingerprint density at radius 1 is 1.33 bits per heavy atom. The largest absolute Gasteiger partial charge is 0.361 e. The summed E-state index contributed by atoms with van der Waals surface area (Å²) in [5.41, 5.74) is 2.71. The van der Waals surface area contributed by atoms with E-state index >= 15 is 0 Å². The van der Waals surface area contributed by atoms with Crippen LogP contribution >= 0.6 is 0 Å². The number of rotatable bonds is 3. The fourth-order valence-corrected chi connectivity index (χ4v) is 1.78. The smallest absolute Gasteiger partial charge is 0.243 e. The second-order valence-electron chi connectivity index (χ2n) is 4.16. The van der Waals surface area contributed by atoms with Crippen molar-refractivity contribution in [2.75, 3.05) is 5.32 Å². The molecule has 0 spiro atoms. The Kier molecular flexibility index (Phi) is 2.47. The molecule has 6 nitrogen and oxygen atoms in total. The Bertz CT molecular complexity index is 685. The van der Waals surface area contributed by atoms with Crippen molar-refractivity contribution >= 4 is 11.6 Å². The minimum absolute atomic E-state index is 0.549. The number of aromatic nitrogens is 4. The Morgan fingerprint density at radius 3 is 2.94 bits per heavy atom. The number of hydrogen-bond acceptors (Lipinski definition) is 5. The van der Waals surface area contributed by atoms with Crippen LogP contribution in [-0.4, -0.2) is 19.8 Å². The summed E-state index contributed by atoms with van der Waals surface area (Å²) in [4.78, 5) is 4.38. The lowest BCUT2D eigenvalue weighted by molar-refractivity contribution is 0.391. The van der Waals surface area contributed by atoms with Crippen LogP contribution < -0.4 is 5.32 Å². The van der Waals surface area contributed by atoms with Crippen molar-refractivity contribution < 1.29 is 4.52 Å². The first-order chi connectivity index (χ1) is 8.72. The molecule has 0 atom stereocenters. The van der Waals surface area contributed by atoms with Crippen LogP contribution in [0.2, 0.25) is 0 Å². The number of pyridine rings is 1. The summed E-state index contributed by atoms with van der Waals surface area (Å²) in [5, 5.41) is 11.4. The monoisotopic (exact) mass is 243 g/mol. The zero-order valence-corrected chi connectivity index (χ0v) is 10.2. The molecule has 0 radical (unpaired) electrons. The van der Waals surface area contributed by atoms with Gasteiger partial charge in [0.05, 0.1) is 6.54 Å². The van der Waals surface area contributed by atoms with Gasteiger partial charge in [0.15, 0.2) is 5.65 Å². The molecule has 0 aromatic carbocycles. The minimum Gasteiger partial charge on any atom is -0.361 e. The van der Waals surface area contributed by atoms with E-state index in [9.17, 15) is 0 Å². The van der Waals surface area contributed by atoms with Gasteiger partial charge in [0.1, 0.15) is 11.5 Å². The third kappa shape index (κ3) is 1.92. The van der Waals surface area contributed by atoms with E-state index in [0.717, 1.165) is 22.8 Å². The highest BCUT2D eigenvalue weighted by molar-refractivity contribution is 5.44. The molecule has 18 heavy (non-hydrogen) atoms. The molecule has 0 aliphatic carbocycles. The highest BCUT2D eigenvalue weighted by atomic mass is 16.5. The maximum Gasteiger partial charge on any atom is 0.243 e. The van der Waals surface area contributed by atoms with Crippen molar-refractivity contribution in [3.8, 4) is 0 Å². The topological polar surface area (TPSA) is 68.2 Å². The Balaban J connectivity index is 1.81. The molecule has 0 aliphatic rings. The molecular formula is C12H13N5O. The van der Waals surface area contributed by atoms with Crippen LogP contribution in [0.1, 0.15) is 17.1 Å². The van der Waals surface area contributed by atoms with Crippen LogP contribution in [0.25, 0.3) is 5.65 Å². The lowest BCUT2D eigenvalue weighted by Gasteiger charge is -1.96. The summed E-state index contributed by atoms with van der Waals surface area (Å²) in [6.45, 7) is 4.41. The zero-order valence-electron chi connectivity index (χ0n) is 10.2. The molecule has 0 saturated carbocycles. The summed E-state index contributed by atoms with van der Waals surface area (Å²) < 4.78 is 6.80. The van der Waals surface area contributed by atoms with Crippen molar-refractivity contribution in [1.29, 1.82) is 0 Å². The molecule has 3 rings (SSSR count). The van der Waals surface area contributed by atoms with Crippen LogP contribution in [0.5, 0.6) is 0 Å². The Labute approximate surface area is 104 Å². The first-order valence-corrected chi connectivity index (χ1v) is 5.71. The highest BCUT2D eigenvalue weighted by Gasteiger charge is 2.05. The summed E-state index contributed by atoms with van der Waals surface area (Å²) in [7, 11) is 0. The van der Waals surface area contributed by atoms with Gasteiger partial charge in [0.25, 0.3) is 0 Å². The molecule has 3 aromatic heterocycles. The van der Waals surface area contributed by atoms with Gasteiger partial charge in [-0.05, 0) is 26.0 Å². The van der Waals surface area contributed by atoms with E-state index in [1.54, 1.807) is 4.52 Å². The normalized spacial score (nSPS) is 11.0. The lowest BCUT2D eigenvalue weighted by atomic mass is 10.4. The Morgan fingerprint density at radius 2 is 2.22 bits per heavy atom. The van der Waals surface area contributed by atoms with Gasteiger partial charge < -0.3 is 9.84 Å². The maximum absolute atomic E-state index is 4.99. The number of nitrogens with zero attached hydrogens (tertiary/aromatic N) is 4. The molecule has 0 aliphatic heterocycles. The van der Waals surface area contributed by atoms with E-state index in [2.05, 4.69) is 20.6 Å². The molecule has 0 amide bonds. The fraction of sp³-hybridized carbons (Fsp3) is 0.250. The molecule has 0 saturated heterocycles. The minimum atomic E-state index is 0.549. The molecule has 3 heterocycles. The number of anilines is 1. The second-order valence-corrected chi connectivity index (χ2v) is 4.16. The van der Waals surface area contributed by atoms with E-state index in [0.29, 0.717) is 12.5 Å². The molecule has 0 fully saturated rings. The molecule has 0 bridgehead atoms. The summed E-state index contributed by atoms with van der Waals surface area (Å²) in [6, 6.07) is 7.76. The lowest BCUT2D eigenvalue weighted by Crippen LogP contribution is -2.01. The van der Waals surface area contributed by atoms with Gasteiger partial charge >= 0.3 is 0 Å². The van der Waals surface area contributed by atoms with Crippen LogP contribution in [0, 0.1) is 13.8 Å². The third-order valence-electron chi connectivity index (χ3n) is 2.65. The summed E-state index contributed by atoms with van der Waals surface area (Å²) in [6.07, 6.45) is 0. The third-order valence-corrected chi connectivity index (χ3v) is 2.65. The van der Waals surface area contributed by atoms with Crippen LogP contribution in [-0.2, 0) is 6.54 Å². The molecular weight excluding hydrogens is 230 g/mol. The van der Waals surface area contributed by atoms with E-state index in [1.165, 1.54) is 0 Å². The number of fused-ring (bicyclic) bond motifs is 1. The van der Waals surface area contributed by atoms with Crippen LogP contribution in [0.4, 0.5) is 5.95 Å². The molecule has 92 valence electrons. The standard InChI is InChI=1S/C12H13N5O/c1-8-4-3-5-11-14-12(15-17(8)11)13-7-10-6-9(2)18-16-10/h3-6H,7H2,1-2H3,(H,13,15). The van der Waals surface area contributed by atoms with Crippen LogP contribution in [0.3, 0.4) is 0 Å². The summed E-state index contributed by atoms with van der Waals surface area (Å²) in [5.74, 6) is 1.38. The fourth-order valence-electron chi connectivity index (χ4n) is 1.78. The predicted octanol–water partition coefficient (Wildman–Crippen LogP) is 1.95. The first-order valence-electron chi connectivity index (χ1n) is 5.71. The average Bonchev–Trinajstić information content (AvgIpc) is 2.93. The van der Waals surface area contributed by atoms with Gasteiger partial charge in [0, 0.05) is 11.8 Å². The number of hydrogen-bond donors (Lipinski definition) is 1. The van der Waals surface area contributed by atoms with Gasteiger partial charge in [0.2, 0.25) is 5.95 Å². The van der Waals surface area contributed by atoms with Crippen LogP contribution in [0.15, 0.2) is 28.8 Å². The van der Waals surface area contributed by atoms with Gasteiger partial charge in [-0.25, -0.2) is 4.52 Å². The van der Waals surface area contributed by atoms with Gasteiger partial charge in [-0.1, -0.05) is 11.2 Å². The SMILES string of the molecule is Cc1cc(CNc2nc3cccc(C)n3n2)no1. The van der Waals surface area contributed by atoms with E-state index in [-0.39, 0.29) is 0 Å². The molecule has 6 heteroatoms. The summed E-state index contributed by atoms with van der Waals surface area (Å²) >= 11 is 0. The number of nitrogens with one attached hydrogen (secondary N) is 1. The predicted molar refractivity (Wildman–Crippen MR) is 66.3 cm³/mol. The number of aryl methyl sites for hydroxylation is 2. The van der Waals surface area contributed by atoms with E-state index in [4.69, 9.17) is 4.52 Å². The highest BCUT2D eigenvalue weighted by Crippen LogP contribution is 2.09. The van der Waals surface area contributed by atoms with Gasteiger partial charge in [-0.3, -0.25) is 0 Å². The zero-order chi connectivity index (χ0) is 12.5. The second kappa shape index (κ2) is 4.14. The van der Waals surface area contributed by atoms with Crippen molar-refractivity contribution in [1.82, 2.24) is 19.8 Å². The maximum atomic E-state index is 4.99. The quantitative estimate of drug-likeness (QED) is 0.761. The van der Waals surface area contributed by atoms with E-state index in [1.807, 2.05) is 38.1 Å². The first kappa shape index (κ1) is 10.8. The van der Waals surface area contributed by atoms with Gasteiger partial charge in [-0.2, -0.15) is 4.98 Å². The van der Waals surface area contributed by atoms with Crippen molar-refractivity contribution in [3.63, 3.8) is 0 Å². The Hall–Kier alpha value is -2.37. The average molecular weight is 243 g/mol. The molecule has 0 unspecified atom stereocenters. The van der Waals surface area contributed by atoms with Crippen molar-refractivity contribution in [2.24, 2.45) is 0 Å². The van der Waals surface area contributed by atoms with Gasteiger partial charge in [-0.15, -0.1) is 5.10 Å².